The molecular formula is C17H19Br2NO. The number of benzene rings is 2. The van der Waals surface area contributed by atoms with Gasteiger partial charge in [-0.15, -0.1) is 0 Å². The quantitative estimate of drug-likeness (QED) is 0.735. The fourth-order valence-corrected chi connectivity index (χ4v) is 3.60. The fourth-order valence-electron chi connectivity index (χ4n) is 2.09. The third-order valence-electron chi connectivity index (χ3n) is 3.31. The molecule has 0 unspecified atom stereocenters. The Hall–Kier alpha value is -0.840. The van der Waals surface area contributed by atoms with E-state index in [4.69, 9.17) is 10.5 Å². The van der Waals surface area contributed by atoms with Crippen molar-refractivity contribution < 1.29 is 4.74 Å². The van der Waals surface area contributed by atoms with Gasteiger partial charge in [0.05, 0.1) is 8.95 Å². The van der Waals surface area contributed by atoms with Crippen molar-refractivity contribution in [1.29, 1.82) is 0 Å². The van der Waals surface area contributed by atoms with E-state index in [1.165, 1.54) is 11.1 Å². The van der Waals surface area contributed by atoms with Crippen molar-refractivity contribution >= 4 is 31.9 Å². The maximum absolute atomic E-state index is 5.94. The van der Waals surface area contributed by atoms with E-state index in [-0.39, 0.29) is 0 Å². The van der Waals surface area contributed by atoms with Crippen molar-refractivity contribution in [2.45, 2.75) is 26.4 Å². The second-order valence-corrected chi connectivity index (χ2v) is 6.59. The molecule has 0 radical (unpaired) electrons. The van der Waals surface area contributed by atoms with Gasteiger partial charge in [0.25, 0.3) is 0 Å². The number of nitrogens with two attached hydrogens (primary N) is 1. The van der Waals surface area contributed by atoms with Crippen LogP contribution in [-0.4, -0.2) is 6.54 Å². The summed E-state index contributed by atoms with van der Waals surface area (Å²) in [6.45, 7) is 3.35. The smallest absolute Gasteiger partial charge is 0.148 e. The van der Waals surface area contributed by atoms with E-state index in [2.05, 4.69) is 75.2 Å². The highest BCUT2D eigenvalue weighted by atomic mass is 79.9. The summed E-state index contributed by atoms with van der Waals surface area (Å²) in [5.74, 6) is 0.829. The van der Waals surface area contributed by atoms with Crippen LogP contribution in [0.5, 0.6) is 5.75 Å². The summed E-state index contributed by atoms with van der Waals surface area (Å²) in [5, 5.41) is 0. The van der Waals surface area contributed by atoms with Gasteiger partial charge >= 0.3 is 0 Å². The fraction of sp³-hybridized carbons (Fsp3) is 0.294. The van der Waals surface area contributed by atoms with Crippen LogP contribution in [-0.2, 0) is 19.4 Å². The molecule has 0 fully saturated rings. The summed E-state index contributed by atoms with van der Waals surface area (Å²) in [4.78, 5) is 0. The monoisotopic (exact) mass is 411 g/mol. The van der Waals surface area contributed by atoms with Crippen LogP contribution in [0.25, 0.3) is 0 Å². The van der Waals surface area contributed by atoms with Crippen LogP contribution in [0.1, 0.15) is 23.6 Å². The minimum atomic E-state index is 0.553. The Bertz CT molecular complexity index is 573. The van der Waals surface area contributed by atoms with Crippen LogP contribution in [0.3, 0.4) is 0 Å². The molecular weight excluding hydrogens is 394 g/mol. The van der Waals surface area contributed by atoms with Gasteiger partial charge in [-0.25, -0.2) is 0 Å². The Morgan fingerprint density at radius 3 is 2.05 bits per heavy atom. The van der Waals surface area contributed by atoms with Gasteiger partial charge < -0.3 is 10.5 Å². The lowest BCUT2D eigenvalue weighted by molar-refractivity contribution is 0.302. The van der Waals surface area contributed by atoms with Crippen molar-refractivity contribution in [3.05, 3.63) is 62.0 Å². The Balaban J connectivity index is 2.08. The number of halogens is 2. The molecule has 2 N–H and O–H groups in total. The summed E-state index contributed by atoms with van der Waals surface area (Å²) in [6.07, 6.45) is 1.91. The second-order valence-electron chi connectivity index (χ2n) is 4.89. The van der Waals surface area contributed by atoms with E-state index in [1.54, 1.807) is 0 Å². The second kappa shape index (κ2) is 7.97. The average molecular weight is 413 g/mol. The van der Waals surface area contributed by atoms with Crippen molar-refractivity contribution in [3.63, 3.8) is 0 Å². The summed E-state index contributed by atoms with van der Waals surface area (Å²) >= 11 is 7.14. The first-order chi connectivity index (χ1) is 10.1. The minimum Gasteiger partial charge on any atom is -0.487 e. The molecule has 0 aliphatic rings. The first-order valence-corrected chi connectivity index (χ1v) is 8.61. The molecule has 0 saturated heterocycles. The molecule has 2 aromatic carbocycles. The molecule has 0 aromatic heterocycles. The predicted molar refractivity (Wildman–Crippen MR) is 94.8 cm³/mol. The zero-order valence-electron chi connectivity index (χ0n) is 12.0. The summed E-state index contributed by atoms with van der Waals surface area (Å²) < 4.78 is 7.83. The van der Waals surface area contributed by atoms with E-state index in [0.29, 0.717) is 13.2 Å². The molecule has 0 amide bonds. The normalized spacial score (nSPS) is 10.7. The van der Waals surface area contributed by atoms with Gasteiger partial charge in [-0.3, -0.25) is 0 Å². The summed E-state index contributed by atoms with van der Waals surface area (Å²) in [7, 11) is 0. The molecule has 0 aliphatic heterocycles. The van der Waals surface area contributed by atoms with Gasteiger partial charge in [-0.2, -0.15) is 0 Å². The molecule has 4 heteroatoms. The minimum absolute atomic E-state index is 0.553. The number of aryl methyl sites for hydroxylation is 1. The number of ether oxygens (including phenoxy) is 1. The molecule has 0 spiro atoms. The molecule has 0 atom stereocenters. The third kappa shape index (κ3) is 4.56. The van der Waals surface area contributed by atoms with Crippen LogP contribution in [0, 0.1) is 0 Å². The number of rotatable bonds is 6. The van der Waals surface area contributed by atoms with Gasteiger partial charge in [0.15, 0.2) is 0 Å². The van der Waals surface area contributed by atoms with Gasteiger partial charge in [-0.1, -0.05) is 31.2 Å². The van der Waals surface area contributed by atoms with E-state index < -0.39 is 0 Å². The zero-order chi connectivity index (χ0) is 15.2. The lowest BCUT2D eigenvalue weighted by Gasteiger charge is -2.12. The first-order valence-electron chi connectivity index (χ1n) is 7.02. The lowest BCUT2D eigenvalue weighted by Crippen LogP contribution is -2.03. The van der Waals surface area contributed by atoms with Gasteiger partial charge in [0.1, 0.15) is 12.4 Å². The zero-order valence-corrected chi connectivity index (χ0v) is 15.2. The molecule has 0 heterocycles. The van der Waals surface area contributed by atoms with E-state index in [0.717, 1.165) is 33.1 Å². The number of hydrogen-bond donors (Lipinski definition) is 1. The lowest BCUT2D eigenvalue weighted by atomic mass is 10.1. The first kappa shape index (κ1) is 16.5. The molecule has 2 rings (SSSR count). The summed E-state index contributed by atoms with van der Waals surface area (Å²) in [5.41, 5.74) is 9.29. The van der Waals surface area contributed by atoms with Crippen LogP contribution in [0.2, 0.25) is 0 Å². The van der Waals surface area contributed by atoms with Gasteiger partial charge in [-0.05, 0) is 80.1 Å². The maximum atomic E-state index is 5.94. The Morgan fingerprint density at radius 2 is 1.52 bits per heavy atom. The third-order valence-corrected chi connectivity index (χ3v) is 4.48. The Labute approximate surface area is 143 Å². The molecule has 0 bridgehead atoms. The van der Waals surface area contributed by atoms with E-state index in [9.17, 15) is 0 Å². The van der Waals surface area contributed by atoms with Crippen LogP contribution >= 0.6 is 31.9 Å². The molecule has 2 aromatic rings. The largest absolute Gasteiger partial charge is 0.487 e. The van der Waals surface area contributed by atoms with Gasteiger partial charge in [0.2, 0.25) is 0 Å². The molecule has 112 valence electrons. The van der Waals surface area contributed by atoms with Crippen molar-refractivity contribution in [2.24, 2.45) is 5.73 Å². The molecule has 21 heavy (non-hydrogen) atoms. The Kier molecular flexibility index (Phi) is 6.27. The SMILES string of the molecule is CCc1ccc(COc2c(Br)cc(CCN)cc2Br)cc1. The number of hydrogen-bond acceptors (Lipinski definition) is 2. The summed E-state index contributed by atoms with van der Waals surface area (Å²) in [6, 6.07) is 12.6. The maximum Gasteiger partial charge on any atom is 0.148 e. The van der Waals surface area contributed by atoms with Crippen molar-refractivity contribution in [1.82, 2.24) is 0 Å². The molecule has 2 nitrogen and oxygen atoms in total. The van der Waals surface area contributed by atoms with Crippen LogP contribution in [0.15, 0.2) is 45.3 Å². The standard InChI is InChI=1S/C17H19Br2NO/c1-2-12-3-5-13(6-4-12)11-21-17-15(18)9-14(7-8-20)10-16(17)19/h3-6,9-10H,2,7-8,11,20H2,1H3. The van der Waals surface area contributed by atoms with Crippen molar-refractivity contribution in [2.75, 3.05) is 6.54 Å². The highest BCUT2D eigenvalue weighted by Gasteiger charge is 2.09. The highest BCUT2D eigenvalue weighted by molar-refractivity contribution is 9.11. The van der Waals surface area contributed by atoms with Crippen molar-refractivity contribution in [3.8, 4) is 5.75 Å². The van der Waals surface area contributed by atoms with E-state index >= 15 is 0 Å². The Morgan fingerprint density at radius 1 is 0.952 bits per heavy atom. The molecule has 0 saturated carbocycles. The van der Waals surface area contributed by atoms with Gasteiger partial charge in [0, 0.05) is 0 Å². The topological polar surface area (TPSA) is 35.2 Å². The van der Waals surface area contributed by atoms with Crippen LogP contribution < -0.4 is 10.5 Å². The van der Waals surface area contributed by atoms with Crippen LogP contribution in [0.4, 0.5) is 0 Å². The predicted octanol–water partition coefficient (Wildman–Crippen LogP) is 4.85. The molecule has 0 aliphatic carbocycles. The highest BCUT2D eigenvalue weighted by Crippen LogP contribution is 2.35. The average Bonchev–Trinajstić information content (AvgIpc) is 2.47. The van der Waals surface area contributed by atoms with E-state index in [1.807, 2.05) is 0 Å².